The number of carbonyl (C=O) groups is 2. The zero-order valence-corrected chi connectivity index (χ0v) is 20.0. The molecule has 2 amide bonds. The molecule has 2 fully saturated rings. The lowest BCUT2D eigenvalue weighted by Gasteiger charge is -2.36. The van der Waals surface area contributed by atoms with Crippen LogP contribution < -0.4 is 5.32 Å². The molecule has 3 aromatic rings. The second kappa shape index (κ2) is 9.17. The average molecular weight is 515 g/mol. The molecule has 13 heteroatoms. The number of likely N-dealkylation sites (tertiary alicyclic amines) is 1. The third-order valence-corrected chi connectivity index (χ3v) is 7.30. The van der Waals surface area contributed by atoms with Crippen LogP contribution in [0.4, 0.5) is 13.2 Å². The number of amides is 2. The summed E-state index contributed by atoms with van der Waals surface area (Å²) in [5.74, 6) is -1.86. The van der Waals surface area contributed by atoms with Gasteiger partial charge < -0.3 is 15.2 Å². The molecular formula is C24H25F3N8O2. The van der Waals surface area contributed by atoms with Crippen LogP contribution in [0.25, 0.3) is 22.4 Å². The molecule has 0 aromatic carbocycles. The molecule has 0 spiro atoms. The Hall–Kier alpha value is -3.95. The minimum atomic E-state index is -4.67. The minimum Gasteiger partial charge on any atom is -0.344 e. The first kappa shape index (κ1) is 24.7. The molecule has 1 aliphatic heterocycles. The van der Waals surface area contributed by atoms with Gasteiger partial charge >= 0.3 is 6.18 Å². The molecule has 5 rings (SSSR count). The number of nitriles is 1. The van der Waals surface area contributed by atoms with Crippen LogP contribution in [0.5, 0.6) is 0 Å². The van der Waals surface area contributed by atoms with Crippen molar-refractivity contribution in [1.82, 2.24) is 34.9 Å². The Morgan fingerprint density at radius 1 is 1.30 bits per heavy atom. The smallest absolute Gasteiger partial charge is 0.344 e. The summed E-state index contributed by atoms with van der Waals surface area (Å²) in [4.78, 5) is 39.6. The number of aryl methyl sites for hydroxylation is 1. The molecule has 1 unspecified atom stereocenters. The van der Waals surface area contributed by atoms with Crippen molar-refractivity contribution >= 4 is 23.0 Å². The standard InChI is InChI=1S/C24H25F3N8O2/c1-2-35-13-15(10-31-35)17-12-30-20-18(32-17)16(11-29-20)21(36)33-19(23(5-6-23)24(25,26)27)22(37)34-7-3-14(9-28)4-8-34/h10-14,19H,2-8H2,1H3,(H,29,30)(H,33,36). The van der Waals surface area contributed by atoms with E-state index in [9.17, 15) is 22.8 Å². The Bertz CT molecular complexity index is 1380. The lowest BCUT2D eigenvalue weighted by Crippen LogP contribution is -2.58. The first-order valence-electron chi connectivity index (χ1n) is 12.1. The number of nitrogens with zero attached hydrogens (tertiary/aromatic N) is 6. The Morgan fingerprint density at radius 3 is 2.62 bits per heavy atom. The van der Waals surface area contributed by atoms with Gasteiger partial charge in [-0.15, -0.1) is 0 Å². The van der Waals surface area contributed by atoms with Gasteiger partial charge in [0.25, 0.3) is 5.91 Å². The molecule has 0 bridgehead atoms. The van der Waals surface area contributed by atoms with Crippen molar-refractivity contribution < 1.29 is 22.8 Å². The number of aromatic nitrogens is 5. The van der Waals surface area contributed by atoms with E-state index in [1.807, 2.05) is 6.92 Å². The quantitative estimate of drug-likeness (QED) is 0.520. The largest absolute Gasteiger partial charge is 0.396 e. The number of hydrogen-bond acceptors (Lipinski definition) is 6. The van der Waals surface area contributed by atoms with Crippen molar-refractivity contribution in [3.05, 3.63) is 30.4 Å². The highest BCUT2D eigenvalue weighted by atomic mass is 19.4. The molecule has 37 heavy (non-hydrogen) atoms. The van der Waals surface area contributed by atoms with E-state index in [1.165, 1.54) is 17.3 Å². The van der Waals surface area contributed by atoms with Crippen LogP contribution in [0.2, 0.25) is 0 Å². The van der Waals surface area contributed by atoms with Crippen LogP contribution in [0.3, 0.4) is 0 Å². The maximum Gasteiger partial charge on any atom is 0.396 e. The zero-order valence-electron chi connectivity index (χ0n) is 20.0. The van der Waals surface area contributed by atoms with Gasteiger partial charge in [-0.1, -0.05) is 0 Å². The molecule has 1 saturated heterocycles. The highest BCUT2D eigenvalue weighted by Crippen LogP contribution is 2.60. The van der Waals surface area contributed by atoms with Crippen LogP contribution in [0.15, 0.2) is 24.8 Å². The fourth-order valence-electron chi connectivity index (χ4n) is 4.80. The number of H-pyrrole nitrogens is 1. The van der Waals surface area contributed by atoms with E-state index in [0.29, 0.717) is 30.6 Å². The van der Waals surface area contributed by atoms with Crippen molar-refractivity contribution in [3.63, 3.8) is 0 Å². The second-order valence-electron chi connectivity index (χ2n) is 9.53. The zero-order chi connectivity index (χ0) is 26.4. The predicted molar refractivity (Wildman–Crippen MR) is 125 cm³/mol. The summed E-state index contributed by atoms with van der Waals surface area (Å²) in [6, 6.07) is 0.363. The lowest BCUT2D eigenvalue weighted by molar-refractivity contribution is -0.198. The van der Waals surface area contributed by atoms with Crippen LogP contribution in [0.1, 0.15) is 43.0 Å². The van der Waals surface area contributed by atoms with Crippen molar-refractivity contribution in [1.29, 1.82) is 5.26 Å². The molecule has 1 atom stereocenters. The SMILES string of the molecule is CCn1cc(-c2cnc3[nH]cc(C(=O)NC(C(=O)N4CCC(C#N)CC4)C4(C(F)(F)F)CC4)c3n2)cn1. The number of carbonyl (C=O) groups excluding carboxylic acids is 2. The van der Waals surface area contributed by atoms with Crippen molar-refractivity contribution in [3.8, 4) is 17.3 Å². The topological polar surface area (TPSA) is 133 Å². The monoisotopic (exact) mass is 514 g/mol. The summed E-state index contributed by atoms with van der Waals surface area (Å²) in [6.45, 7) is 2.92. The summed E-state index contributed by atoms with van der Waals surface area (Å²) in [6.07, 6.45) is 1.82. The van der Waals surface area contributed by atoms with E-state index < -0.39 is 29.4 Å². The molecule has 194 valence electrons. The van der Waals surface area contributed by atoms with E-state index in [1.54, 1.807) is 17.1 Å². The third-order valence-electron chi connectivity index (χ3n) is 7.30. The molecule has 4 heterocycles. The second-order valence-corrected chi connectivity index (χ2v) is 9.53. The van der Waals surface area contributed by atoms with Crippen LogP contribution >= 0.6 is 0 Å². The molecule has 10 nitrogen and oxygen atoms in total. The van der Waals surface area contributed by atoms with Gasteiger partial charge in [0.2, 0.25) is 5.91 Å². The molecule has 2 aliphatic rings. The van der Waals surface area contributed by atoms with Crippen molar-refractivity contribution in [2.45, 2.75) is 51.4 Å². The summed E-state index contributed by atoms with van der Waals surface area (Å²) >= 11 is 0. The lowest BCUT2D eigenvalue weighted by atomic mass is 9.91. The molecule has 3 aromatic heterocycles. The average Bonchev–Trinajstić information content (AvgIpc) is 3.39. The van der Waals surface area contributed by atoms with E-state index in [4.69, 9.17) is 5.26 Å². The first-order chi connectivity index (χ1) is 17.7. The predicted octanol–water partition coefficient (Wildman–Crippen LogP) is 3.04. The number of rotatable bonds is 6. The first-order valence-corrected chi connectivity index (χ1v) is 12.1. The number of fused-ring (bicyclic) bond motifs is 1. The maximum atomic E-state index is 14.1. The Morgan fingerprint density at radius 2 is 2.03 bits per heavy atom. The maximum absolute atomic E-state index is 14.1. The summed E-state index contributed by atoms with van der Waals surface area (Å²) in [7, 11) is 0. The summed E-state index contributed by atoms with van der Waals surface area (Å²) in [5, 5.41) is 15.7. The molecule has 1 saturated carbocycles. The van der Waals surface area contributed by atoms with E-state index in [0.717, 1.165) is 0 Å². The number of piperidine rings is 1. The van der Waals surface area contributed by atoms with Gasteiger partial charge in [-0.2, -0.15) is 23.5 Å². The molecule has 1 aliphatic carbocycles. The molecule has 0 radical (unpaired) electrons. The molecular weight excluding hydrogens is 489 g/mol. The van der Waals surface area contributed by atoms with Gasteiger partial charge in [0, 0.05) is 43.5 Å². The number of halogens is 3. The van der Waals surface area contributed by atoms with Gasteiger partial charge in [0.05, 0.1) is 35.1 Å². The number of nitrogens with one attached hydrogen (secondary N) is 2. The fourth-order valence-corrected chi connectivity index (χ4v) is 4.80. The van der Waals surface area contributed by atoms with Gasteiger partial charge in [0.1, 0.15) is 11.6 Å². The number of alkyl halides is 3. The number of hydrogen-bond donors (Lipinski definition) is 2. The summed E-state index contributed by atoms with van der Waals surface area (Å²) in [5.41, 5.74) is -0.739. The van der Waals surface area contributed by atoms with E-state index in [2.05, 4.69) is 31.4 Å². The normalized spacial score (nSPS) is 18.4. The third kappa shape index (κ3) is 4.41. The van der Waals surface area contributed by atoms with E-state index in [-0.39, 0.29) is 48.6 Å². The minimum absolute atomic E-state index is 0.00815. The highest BCUT2D eigenvalue weighted by Gasteiger charge is 2.70. The van der Waals surface area contributed by atoms with Crippen LogP contribution in [-0.4, -0.2) is 66.8 Å². The van der Waals surface area contributed by atoms with Crippen molar-refractivity contribution in [2.75, 3.05) is 13.1 Å². The van der Waals surface area contributed by atoms with Crippen LogP contribution in [-0.2, 0) is 11.3 Å². The fraction of sp³-hybridized carbons (Fsp3) is 0.500. The van der Waals surface area contributed by atoms with Crippen molar-refractivity contribution in [2.24, 2.45) is 11.3 Å². The van der Waals surface area contributed by atoms with Gasteiger partial charge in [-0.3, -0.25) is 14.3 Å². The Labute approximate surface area is 209 Å². The number of aromatic amines is 1. The van der Waals surface area contributed by atoms with Crippen LogP contribution in [0, 0.1) is 22.7 Å². The highest BCUT2D eigenvalue weighted by molar-refractivity contribution is 6.06. The molecule has 2 N–H and O–H groups in total. The van der Waals surface area contributed by atoms with Gasteiger partial charge in [0.15, 0.2) is 5.65 Å². The van der Waals surface area contributed by atoms with Gasteiger partial charge in [-0.25, -0.2) is 9.97 Å². The Balaban J connectivity index is 1.44. The Kier molecular flexibility index (Phi) is 6.13. The summed E-state index contributed by atoms with van der Waals surface area (Å²) < 4.78 is 44.0. The van der Waals surface area contributed by atoms with E-state index >= 15 is 0 Å². The van der Waals surface area contributed by atoms with Gasteiger partial charge in [-0.05, 0) is 32.6 Å².